The van der Waals surface area contributed by atoms with Crippen molar-refractivity contribution in [3.05, 3.63) is 23.3 Å². The van der Waals surface area contributed by atoms with Gasteiger partial charge in [-0.15, -0.1) is 0 Å². The normalized spacial score (nSPS) is 45.5. The van der Waals surface area contributed by atoms with Crippen molar-refractivity contribution in [1.29, 1.82) is 0 Å². The summed E-state index contributed by atoms with van der Waals surface area (Å²) in [5.74, 6) is 2.43. The summed E-state index contributed by atoms with van der Waals surface area (Å²) in [6, 6.07) is 0. The lowest BCUT2D eigenvalue weighted by Gasteiger charge is -2.53. The number of hydrogen-bond donors (Lipinski definition) is 0. The topological polar surface area (TPSA) is 34.1 Å². The second-order valence-corrected chi connectivity index (χ2v) is 9.27. The average molecular weight is 326 g/mol. The Balaban J connectivity index is 1.72. The van der Waals surface area contributed by atoms with Crippen molar-refractivity contribution in [2.75, 3.05) is 0 Å². The smallest absolute Gasteiger partial charge is 0.155 e. The van der Waals surface area contributed by atoms with Gasteiger partial charge in [-0.2, -0.15) is 0 Å². The van der Waals surface area contributed by atoms with Gasteiger partial charge < -0.3 is 4.79 Å². The summed E-state index contributed by atoms with van der Waals surface area (Å²) < 4.78 is 0. The molecular weight excluding hydrogens is 296 g/mol. The number of allylic oxidation sites excluding steroid dienone is 4. The van der Waals surface area contributed by atoms with Crippen LogP contribution in [0.5, 0.6) is 0 Å². The lowest BCUT2D eigenvalue weighted by molar-refractivity contribution is -0.115. The first-order chi connectivity index (χ1) is 11.4. The standard InChI is InChI=1S/C22H30O2/c1-14(13-23)18-6-7-19-17-5-4-15-12-16(24)8-10-21(15,2)20(17)9-11-22(18,19)3/h9,12-14,17-19H,4-8,10-11H2,1-3H3/t14-,17+,18-,19+,21+,22-/m1/s1. The molecule has 0 bridgehead atoms. The van der Waals surface area contributed by atoms with Crippen LogP contribution in [0, 0.1) is 34.5 Å². The molecular formula is C22H30O2. The van der Waals surface area contributed by atoms with Gasteiger partial charge in [0.1, 0.15) is 6.29 Å². The van der Waals surface area contributed by atoms with E-state index >= 15 is 0 Å². The van der Waals surface area contributed by atoms with Crippen molar-refractivity contribution >= 4 is 12.1 Å². The second-order valence-electron chi connectivity index (χ2n) is 9.27. The monoisotopic (exact) mass is 326 g/mol. The summed E-state index contributed by atoms with van der Waals surface area (Å²) in [6.45, 7) is 6.94. The number of rotatable bonds is 2. The zero-order valence-corrected chi connectivity index (χ0v) is 15.3. The maximum Gasteiger partial charge on any atom is 0.155 e. The van der Waals surface area contributed by atoms with Crippen LogP contribution >= 0.6 is 0 Å². The van der Waals surface area contributed by atoms with E-state index in [1.165, 1.54) is 31.1 Å². The molecule has 0 N–H and O–H groups in total. The first kappa shape index (κ1) is 16.3. The van der Waals surface area contributed by atoms with Gasteiger partial charge in [-0.1, -0.05) is 38.0 Å². The van der Waals surface area contributed by atoms with E-state index in [9.17, 15) is 9.59 Å². The number of aldehydes is 1. The quantitative estimate of drug-likeness (QED) is 0.535. The summed E-state index contributed by atoms with van der Waals surface area (Å²) in [6.07, 6.45) is 13.2. The number of hydrogen-bond acceptors (Lipinski definition) is 2. The Morgan fingerprint density at radius 3 is 2.75 bits per heavy atom. The fourth-order valence-electron chi connectivity index (χ4n) is 6.85. The molecule has 2 nitrogen and oxygen atoms in total. The van der Waals surface area contributed by atoms with Gasteiger partial charge in [-0.25, -0.2) is 0 Å². The Bertz CT molecular complexity index is 642. The van der Waals surface area contributed by atoms with Crippen LogP contribution in [0.15, 0.2) is 23.3 Å². The average Bonchev–Trinajstić information content (AvgIpc) is 2.92. The van der Waals surface area contributed by atoms with Crippen LogP contribution in [0.4, 0.5) is 0 Å². The molecule has 0 aromatic carbocycles. The molecule has 2 heteroatoms. The predicted molar refractivity (Wildman–Crippen MR) is 95.4 cm³/mol. The van der Waals surface area contributed by atoms with Gasteiger partial charge in [-0.3, -0.25) is 4.79 Å². The fourth-order valence-corrected chi connectivity index (χ4v) is 6.85. The highest BCUT2D eigenvalue weighted by molar-refractivity contribution is 5.92. The molecule has 4 aliphatic carbocycles. The van der Waals surface area contributed by atoms with E-state index in [1.54, 1.807) is 5.57 Å². The van der Waals surface area contributed by atoms with Gasteiger partial charge in [0.05, 0.1) is 0 Å². The molecule has 24 heavy (non-hydrogen) atoms. The number of carbonyl (C=O) groups is 2. The number of carbonyl (C=O) groups excluding carboxylic acids is 2. The van der Waals surface area contributed by atoms with Crippen LogP contribution in [0.25, 0.3) is 0 Å². The molecule has 4 aliphatic rings. The second kappa shape index (κ2) is 5.41. The third kappa shape index (κ3) is 2.07. The summed E-state index contributed by atoms with van der Waals surface area (Å²) >= 11 is 0. The molecule has 2 saturated carbocycles. The van der Waals surface area contributed by atoms with E-state index in [1.807, 2.05) is 6.08 Å². The van der Waals surface area contributed by atoms with Crippen LogP contribution in [-0.2, 0) is 9.59 Å². The van der Waals surface area contributed by atoms with E-state index in [0.29, 0.717) is 24.0 Å². The molecule has 0 spiro atoms. The molecule has 0 radical (unpaired) electrons. The Morgan fingerprint density at radius 1 is 1.21 bits per heavy atom. The highest BCUT2D eigenvalue weighted by Gasteiger charge is 2.56. The highest BCUT2D eigenvalue weighted by atomic mass is 16.1. The molecule has 4 rings (SSSR count). The largest absolute Gasteiger partial charge is 0.303 e. The van der Waals surface area contributed by atoms with Crippen LogP contribution in [0.1, 0.15) is 65.7 Å². The van der Waals surface area contributed by atoms with Crippen molar-refractivity contribution in [1.82, 2.24) is 0 Å². The van der Waals surface area contributed by atoms with E-state index in [-0.39, 0.29) is 16.7 Å². The first-order valence-electron chi connectivity index (χ1n) is 9.80. The van der Waals surface area contributed by atoms with Gasteiger partial charge in [0.2, 0.25) is 0 Å². The molecule has 6 atom stereocenters. The lowest BCUT2D eigenvalue weighted by Crippen LogP contribution is -2.45. The van der Waals surface area contributed by atoms with Crippen LogP contribution in [0.2, 0.25) is 0 Å². The minimum atomic E-state index is 0.131. The molecule has 0 saturated heterocycles. The zero-order valence-electron chi connectivity index (χ0n) is 15.3. The summed E-state index contributed by atoms with van der Waals surface area (Å²) in [5.41, 5.74) is 3.44. The SMILES string of the molecule is C[C@H](C=O)[C@H]1CC[C@H]2[C@@H]3CCC4=CC(=O)CC[C@]4(C)C3=CC[C@]12C. The van der Waals surface area contributed by atoms with Gasteiger partial charge in [0.25, 0.3) is 0 Å². The minimum absolute atomic E-state index is 0.131. The molecule has 0 aromatic rings. The van der Waals surface area contributed by atoms with Crippen LogP contribution < -0.4 is 0 Å². The minimum Gasteiger partial charge on any atom is -0.303 e. The van der Waals surface area contributed by atoms with Crippen molar-refractivity contribution < 1.29 is 9.59 Å². The van der Waals surface area contributed by atoms with Crippen molar-refractivity contribution in [3.63, 3.8) is 0 Å². The predicted octanol–water partition coefficient (Wildman–Crippen LogP) is 4.89. The Labute approximate surface area is 145 Å². The molecule has 0 amide bonds. The molecule has 2 fully saturated rings. The van der Waals surface area contributed by atoms with E-state index < -0.39 is 0 Å². The van der Waals surface area contributed by atoms with E-state index in [2.05, 4.69) is 26.8 Å². The van der Waals surface area contributed by atoms with Crippen LogP contribution in [-0.4, -0.2) is 12.1 Å². The van der Waals surface area contributed by atoms with Crippen LogP contribution in [0.3, 0.4) is 0 Å². The summed E-state index contributed by atoms with van der Waals surface area (Å²) in [7, 11) is 0. The summed E-state index contributed by atoms with van der Waals surface area (Å²) in [4.78, 5) is 23.3. The highest BCUT2D eigenvalue weighted by Crippen LogP contribution is 2.65. The van der Waals surface area contributed by atoms with Gasteiger partial charge >= 0.3 is 0 Å². The fraction of sp³-hybridized carbons (Fsp3) is 0.727. The molecule has 130 valence electrons. The Morgan fingerprint density at radius 2 is 2.00 bits per heavy atom. The Hall–Kier alpha value is -1.18. The van der Waals surface area contributed by atoms with Crippen molar-refractivity contribution in [3.8, 4) is 0 Å². The molecule has 0 unspecified atom stereocenters. The maximum absolute atomic E-state index is 11.9. The number of ketones is 1. The first-order valence-corrected chi connectivity index (χ1v) is 9.80. The molecule has 0 aliphatic heterocycles. The third-order valence-electron chi connectivity index (χ3n) is 8.26. The molecule has 0 aromatic heterocycles. The van der Waals surface area contributed by atoms with Crippen molar-refractivity contribution in [2.24, 2.45) is 34.5 Å². The van der Waals surface area contributed by atoms with E-state index in [4.69, 9.17) is 0 Å². The Kier molecular flexibility index (Phi) is 3.67. The number of fused-ring (bicyclic) bond motifs is 5. The van der Waals surface area contributed by atoms with Gasteiger partial charge in [0.15, 0.2) is 5.78 Å². The lowest BCUT2D eigenvalue weighted by atomic mass is 9.51. The van der Waals surface area contributed by atoms with E-state index in [0.717, 1.165) is 25.2 Å². The van der Waals surface area contributed by atoms with Gasteiger partial charge in [-0.05, 0) is 67.8 Å². The van der Waals surface area contributed by atoms with Gasteiger partial charge in [0, 0.05) is 17.8 Å². The zero-order chi connectivity index (χ0) is 17.1. The van der Waals surface area contributed by atoms with Crippen molar-refractivity contribution in [2.45, 2.75) is 65.7 Å². The third-order valence-corrected chi connectivity index (χ3v) is 8.26. The maximum atomic E-state index is 11.9. The molecule has 0 heterocycles. The summed E-state index contributed by atoms with van der Waals surface area (Å²) in [5, 5.41) is 0.